The molecule has 1 unspecified atom stereocenters. The summed E-state index contributed by atoms with van der Waals surface area (Å²) in [6.45, 7) is 2.93. The first kappa shape index (κ1) is 19.7. The van der Waals surface area contributed by atoms with E-state index in [9.17, 15) is 0 Å². The van der Waals surface area contributed by atoms with Crippen LogP contribution in [0.1, 0.15) is 18.1 Å². The van der Waals surface area contributed by atoms with Crippen molar-refractivity contribution in [1.82, 2.24) is 0 Å². The fourth-order valence-corrected chi connectivity index (χ4v) is 1.87. The molecule has 0 heterocycles. The molecule has 0 N–H and O–H groups in total. The second-order valence-corrected chi connectivity index (χ2v) is 6.59. The lowest BCUT2D eigenvalue weighted by Gasteiger charge is -2.31. The van der Waals surface area contributed by atoms with Crippen LogP contribution in [-0.2, 0) is 0 Å². The highest BCUT2D eigenvalue weighted by molar-refractivity contribution is 5.69. The number of hydrogen-bond donors (Lipinski definition) is 0. The van der Waals surface area contributed by atoms with Gasteiger partial charge in [0.15, 0.2) is 0 Å². The predicted octanol–water partition coefficient (Wildman–Crippen LogP) is 1.33. The van der Waals surface area contributed by atoms with Crippen molar-refractivity contribution < 1.29 is 33.2 Å². The van der Waals surface area contributed by atoms with Crippen molar-refractivity contribution in [3.05, 3.63) is 65.7 Å². The van der Waals surface area contributed by atoms with Crippen LogP contribution in [0.3, 0.4) is 0 Å². The van der Waals surface area contributed by atoms with E-state index in [4.69, 9.17) is 4.74 Å². The van der Waals surface area contributed by atoms with Crippen molar-refractivity contribution in [3.63, 3.8) is 0 Å². The van der Waals surface area contributed by atoms with Gasteiger partial charge in [-0.2, -0.15) is 0 Å². The normalized spacial score (nSPS) is 12.7. The number of benzene rings is 2. The van der Waals surface area contributed by atoms with Gasteiger partial charge in [0.25, 0.3) is 0 Å². The van der Waals surface area contributed by atoms with Crippen LogP contribution >= 0.6 is 0 Å². The van der Waals surface area contributed by atoms with Gasteiger partial charge in [0, 0.05) is 0 Å². The average molecular weight is 423 g/mol. The van der Waals surface area contributed by atoms with Gasteiger partial charge in [-0.15, -0.1) is 0 Å². The summed E-state index contributed by atoms with van der Waals surface area (Å²) >= 11 is 0. The highest BCUT2D eigenvalue weighted by atomic mass is 127. The first-order valence-electron chi connectivity index (χ1n) is 7.72. The van der Waals surface area contributed by atoms with E-state index in [2.05, 4.69) is 64.5 Å². The molecule has 0 radical (unpaired) electrons. The Kier molecular flexibility index (Phi) is 7.79. The van der Waals surface area contributed by atoms with Crippen molar-refractivity contribution in [2.45, 2.75) is 13.0 Å². The first-order valence-corrected chi connectivity index (χ1v) is 7.72. The van der Waals surface area contributed by atoms with Gasteiger partial charge in [-0.05, 0) is 30.2 Å². The molecule has 2 nitrogen and oxygen atoms in total. The minimum Gasteiger partial charge on any atom is -1.00 e. The maximum atomic E-state index is 5.87. The topological polar surface area (TPSA) is 9.23 Å². The number of rotatable bonds is 6. The third-order valence-corrected chi connectivity index (χ3v) is 3.96. The standard InChI is InChI=1S/C20H26NO.HI/c1-17(21(2,3)4)16-22-20-14-12-19(13-15-20)11-10-18-8-6-5-7-9-18;/h5-15,17H,16H2,1-4H3;1H/q+1;/p-1/b11-10-;. The fraction of sp³-hybridized carbons (Fsp3) is 0.300. The minimum absolute atomic E-state index is 0. The molecule has 0 bridgehead atoms. The lowest BCUT2D eigenvalue weighted by molar-refractivity contribution is -0.894. The quantitative estimate of drug-likeness (QED) is 0.387. The molecule has 0 fully saturated rings. The third-order valence-electron chi connectivity index (χ3n) is 3.96. The van der Waals surface area contributed by atoms with Crippen LogP contribution in [0, 0.1) is 0 Å². The highest BCUT2D eigenvalue weighted by Gasteiger charge is 2.18. The third kappa shape index (κ3) is 6.75. The molecule has 0 amide bonds. The Bertz CT molecular complexity index is 600. The monoisotopic (exact) mass is 423 g/mol. The number of nitrogens with zero attached hydrogens (tertiary/aromatic N) is 1. The molecule has 0 spiro atoms. The van der Waals surface area contributed by atoms with E-state index in [0.29, 0.717) is 6.04 Å². The molecule has 2 aromatic carbocycles. The molecular weight excluding hydrogens is 397 g/mol. The Balaban J connectivity index is 0.00000264. The zero-order chi connectivity index (χ0) is 16.0. The van der Waals surface area contributed by atoms with Crippen molar-refractivity contribution in [2.24, 2.45) is 0 Å². The van der Waals surface area contributed by atoms with Gasteiger partial charge in [0.05, 0.1) is 21.1 Å². The van der Waals surface area contributed by atoms with Crippen LogP contribution in [0.5, 0.6) is 5.75 Å². The summed E-state index contributed by atoms with van der Waals surface area (Å²) < 4.78 is 6.77. The molecule has 0 aliphatic rings. The van der Waals surface area contributed by atoms with Crippen LogP contribution in [0.15, 0.2) is 54.6 Å². The zero-order valence-electron chi connectivity index (χ0n) is 14.4. The van der Waals surface area contributed by atoms with E-state index in [1.807, 2.05) is 30.3 Å². The maximum Gasteiger partial charge on any atom is 0.140 e. The van der Waals surface area contributed by atoms with E-state index >= 15 is 0 Å². The predicted molar refractivity (Wildman–Crippen MR) is 94.8 cm³/mol. The summed E-state index contributed by atoms with van der Waals surface area (Å²) in [5.74, 6) is 0.928. The molecule has 3 heteroatoms. The van der Waals surface area contributed by atoms with Crippen LogP contribution < -0.4 is 28.7 Å². The summed E-state index contributed by atoms with van der Waals surface area (Å²) in [5, 5.41) is 0. The molecule has 23 heavy (non-hydrogen) atoms. The average Bonchev–Trinajstić information content (AvgIpc) is 2.51. The Labute approximate surface area is 157 Å². The molecule has 2 aromatic rings. The van der Waals surface area contributed by atoms with Crippen LogP contribution in [0.2, 0.25) is 0 Å². The minimum atomic E-state index is 0. The van der Waals surface area contributed by atoms with E-state index in [0.717, 1.165) is 16.8 Å². The Morgan fingerprint density at radius 3 is 1.91 bits per heavy atom. The molecular formula is C20H26INO. The largest absolute Gasteiger partial charge is 1.00 e. The number of ether oxygens (including phenoxy) is 1. The summed E-state index contributed by atoms with van der Waals surface area (Å²) in [6.07, 6.45) is 4.24. The Morgan fingerprint density at radius 2 is 1.39 bits per heavy atom. The zero-order valence-corrected chi connectivity index (χ0v) is 16.5. The van der Waals surface area contributed by atoms with Gasteiger partial charge in [0.2, 0.25) is 0 Å². The molecule has 2 rings (SSSR count). The fourth-order valence-electron chi connectivity index (χ4n) is 1.87. The van der Waals surface area contributed by atoms with Crippen molar-refractivity contribution in [1.29, 1.82) is 0 Å². The van der Waals surface area contributed by atoms with Gasteiger partial charge in [-0.1, -0.05) is 54.6 Å². The number of likely N-dealkylation sites (N-methyl/N-ethyl adjacent to an activating group) is 1. The SMILES string of the molecule is CC(COc1ccc(/C=C\c2ccccc2)cc1)[N+](C)(C)C.[I-]. The van der Waals surface area contributed by atoms with Gasteiger partial charge < -0.3 is 33.2 Å². The molecule has 0 saturated carbocycles. The molecule has 1 atom stereocenters. The van der Waals surface area contributed by atoms with Crippen molar-refractivity contribution >= 4 is 12.2 Å². The molecule has 0 aliphatic carbocycles. The second kappa shape index (κ2) is 9.08. The lowest BCUT2D eigenvalue weighted by Crippen LogP contribution is -3.00. The summed E-state index contributed by atoms with van der Waals surface area (Å²) in [7, 11) is 6.56. The highest BCUT2D eigenvalue weighted by Crippen LogP contribution is 2.15. The molecule has 0 saturated heterocycles. The van der Waals surface area contributed by atoms with Crippen molar-refractivity contribution in [3.8, 4) is 5.75 Å². The van der Waals surface area contributed by atoms with E-state index in [1.54, 1.807) is 0 Å². The van der Waals surface area contributed by atoms with Gasteiger partial charge in [-0.3, -0.25) is 0 Å². The number of hydrogen-bond acceptors (Lipinski definition) is 1. The van der Waals surface area contributed by atoms with Crippen LogP contribution in [-0.4, -0.2) is 38.3 Å². The summed E-state index contributed by atoms with van der Waals surface area (Å²) in [5.41, 5.74) is 2.38. The maximum absolute atomic E-state index is 5.87. The van der Waals surface area contributed by atoms with E-state index < -0.39 is 0 Å². The number of halogens is 1. The second-order valence-electron chi connectivity index (χ2n) is 6.59. The van der Waals surface area contributed by atoms with Crippen LogP contribution in [0.4, 0.5) is 0 Å². The molecule has 0 aliphatic heterocycles. The first-order chi connectivity index (χ1) is 10.4. The van der Waals surface area contributed by atoms with Gasteiger partial charge in [-0.25, -0.2) is 0 Å². The molecule has 0 aromatic heterocycles. The summed E-state index contributed by atoms with van der Waals surface area (Å²) in [6, 6.07) is 19.0. The Hall–Kier alpha value is -1.33. The van der Waals surface area contributed by atoms with Crippen molar-refractivity contribution in [2.75, 3.05) is 27.7 Å². The summed E-state index contributed by atoms with van der Waals surface area (Å²) in [4.78, 5) is 0. The van der Waals surface area contributed by atoms with E-state index in [-0.39, 0.29) is 24.0 Å². The van der Waals surface area contributed by atoms with Crippen LogP contribution in [0.25, 0.3) is 12.2 Å². The Morgan fingerprint density at radius 1 is 0.870 bits per heavy atom. The van der Waals surface area contributed by atoms with Gasteiger partial charge in [0.1, 0.15) is 18.4 Å². The van der Waals surface area contributed by atoms with Gasteiger partial charge >= 0.3 is 0 Å². The lowest BCUT2D eigenvalue weighted by atomic mass is 10.1. The van der Waals surface area contributed by atoms with E-state index in [1.165, 1.54) is 11.1 Å². The molecule has 124 valence electrons. The smallest absolute Gasteiger partial charge is 0.140 e. The number of quaternary nitrogens is 1.